The molecular formula is C29H24Cl2N2O5. The van der Waals surface area contributed by atoms with Crippen LogP contribution in [-0.4, -0.2) is 30.2 Å². The second-order valence-corrected chi connectivity index (χ2v) is 11.8. The third kappa shape index (κ3) is 3.41. The van der Waals surface area contributed by atoms with Gasteiger partial charge in [0.15, 0.2) is 0 Å². The number of nitrogens with zero attached hydrogens (tertiary/aromatic N) is 2. The van der Waals surface area contributed by atoms with Gasteiger partial charge in [0.1, 0.15) is 5.75 Å². The molecule has 4 fully saturated rings. The summed E-state index contributed by atoms with van der Waals surface area (Å²) in [6.45, 7) is 1.92. The number of aryl methyl sites for hydroxylation is 1. The molecule has 2 heterocycles. The van der Waals surface area contributed by atoms with Crippen molar-refractivity contribution in [3.8, 4) is 5.75 Å². The summed E-state index contributed by atoms with van der Waals surface area (Å²) in [4.78, 5) is 55.3. The number of esters is 1. The van der Waals surface area contributed by atoms with E-state index in [0.29, 0.717) is 39.5 Å². The van der Waals surface area contributed by atoms with Gasteiger partial charge in [-0.1, -0.05) is 41.4 Å². The van der Waals surface area contributed by atoms with E-state index in [1.165, 1.54) is 9.80 Å². The van der Waals surface area contributed by atoms with E-state index >= 15 is 0 Å². The summed E-state index contributed by atoms with van der Waals surface area (Å²) in [6.07, 6.45) is 5.42. The predicted molar refractivity (Wildman–Crippen MR) is 141 cm³/mol. The fourth-order valence-corrected chi connectivity index (χ4v) is 7.53. The molecule has 9 heteroatoms. The highest BCUT2D eigenvalue weighted by molar-refractivity contribution is 6.44. The number of carbonyl (C=O) groups is 4. The Morgan fingerprint density at radius 2 is 1.63 bits per heavy atom. The quantitative estimate of drug-likeness (QED) is 0.236. The SMILES string of the molecule is Cc1cc(OC(=O)[C@@H]2CC(=O)N(c3cccc(Cl)c3Cl)C2)ccc1N1C(=O)[C@@H]2[C@H]3C=C[C@@H]([C@@H]4C[C@H]34)[C@H]2C1=O. The van der Waals surface area contributed by atoms with E-state index in [4.69, 9.17) is 27.9 Å². The standard InChI is InChI=1S/C29H24Cl2N2O5/c1-13-9-15(38-29(37)14-10-23(34)32(12-14)22-4-2-3-20(30)26(22)31)5-8-21(13)33-27(35)24-16-6-7-17(19-11-18(16)19)25(24)28(33)36/h2-9,14,16-19,24-25H,10-12H2,1H3/t14-,16+,17+,18-,19+,24-,25-/m1/s1. The van der Waals surface area contributed by atoms with Crippen LogP contribution in [0.1, 0.15) is 18.4 Å². The van der Waals surface area contributed by atoms with Gasteiger partial charge in [-0.3, -0.25) is 19.2 Å². The molecule has 2 bridgehead atoms. The van der Waals surface area contributed by atoms with Crippen LogP contribution in [0, 0.1) is 48.3 Å². The summed E-state index contributed by atoms with van der Waals surface area (Å²) >= 11 is 12.4. The third-order valence-electron chi connectivity index (χ3n) is 8.97. The van der Waals surface area contributed by atoms with Crippen molar-refractivity contribution in [2.24, 2.45) is 41.4 Å². The highest BCUT2D eigenvalue weighted by atomic mass is 35.5. The summed E-state index contributed by atoms with van der Waals surface area (Å²) < 4.78 is 5.62. The van der Waals surface area contributed by atoms with Gasteiger partial charge in [0.2, 0.25) is 17.7 Å². The zero-order valence-corrected chi connectivity index (χ0v) is 22.0. The van der Waals surface area contributed by atoms with Gasteiger partial charge in [0.05, 0.1) is 39.2 Å². The van der Waals surface area contributed by atoms with E-state index in [0.717, 1.165) is 6.42 Å². The van der Waals surface area contributed by atoms with Gasteiger partial charge in [0, 0.05) is 13.0 Å². The van der Waals surface area contributed by atoms with E-state index < -0.39 is 11.9 Å². The molecule has 0 unspecified atom stereocenters. The Morgan fingerprint density at radius 3 is 2.29 bits per heavy atom. The van der Waals surface area contributed by atoms with Crippen LogP contribution in [0.4, 0.5) is 11.4 Å². The number of anilines is 2. The lowest BCUT2D eigenvalue weighted by atomic mass is 9.63. The minimum Gasteiger partial charge on any atom is -0.426 e. The number of benzene rings is 2. The second kappa shape index (κ2) is 8.42. The third-order valence-corrected chi connectivity index (χ3v) is 9.78. The number of halogens is 2. The Bertz CT molecular complexity index is 1430. The highest BCUT2D eigenvalue weighted by Gasteiger charge is 2.67. The van der Waals surface area contributed by atoms with Gasteiger partial charge in [-0.2, -0.15) is 0 Å². The van der Waals surface area contributed by atoms with Crippen LogP contribution in [0.3, 0.4) is 0 Å². The van der Waals surface area contributed by atoms with Crippen molar-refractivity contribution < 1.29 is 23.9 Å². The van der Waals surface area contributed by atoms with Crippen molar-refractivity contribution in [1.29, 1.82) is 0 Å². The van der Waals surface area contributed by atoms with Gasteiger partial charge in [-0.25, -0.2) is 4.90 Å². The van der Waals surface area contributed by atoms with Gasteiger partial charge in [0.25, 0.3) is 0 Å². The molecule has 8 rings (SSSR count). The molecular weight excluding hydrogens is 527 g/mol. The largest absolute Gasteiger partial charge is 0.426 e. The molecule has 7 atom stereocenters. The number of carbonyl (C=O) groups excluding carboxylic acids is 4. The number of allylic oxidation sites excluding steroid dienone is 2. The van der Waals surface area contributed by atoms with Crippen molar-refractivity contribution in [2.75, 3.05) is 16.3 Å². The molecule has 194 valence electrons. The number of imide groups is 1. The molecule has 38 heavy (non-hydrogen) atoms. The van der Waals surface area contributed by atoms with E-state index in [1.807, 2.05) is 0 Å². The summed E-state index contributed by atoms with van der Waals surface area (Å²) in [5.41, 5.74) is 1.65. The summed E-state index contributed by atoms with van der Waals surface area (Å²) in [5, 5.41) is 0.586. The summed E-state index contributed by atoms with van der Waals surface area (Å²) in [6, 6.07) is 9.93. The molecule has 0 radical (unpaired) electrons. The maximum Gasteiger partial charge on any atom is 0.316 e. The first kappa shape index (κ1) is 23.9. The Kier molecular flexibility index (Phi) is 5.30. The monoisotopic (exact) mass is 550 g/mol. The Balaban J connectivity index is 1.07. The molecule has 0 spiro atoms. The van der Waals surface area contributed by atoms with Crippen molar-refractivity contribution in [3.05, 3.63) is 64.2 Å². The summed E-state index contributed by atoms with van der Waals surface area (Å²) in [7, 11) is 0. The van der Waals surface area contributed by atoms with Crippen LogP contribution in [-0.2, 0) is 19.2 Å². The van der Waals surface area contributed by atoms with E-state index in [-0.39, 0.29) is 59.4 Å². The number of rotatable bonds is 4. The maximum absolute atomic E-state index is 13.4. The van der Waals surface area contributed by atoms with Crippen molar-refractivity contribution in [1.82, 2.24) is 0 Å². The van der Waals surface area contributed by atoms with Crippen LogP contribution in [0.5, 0.6) is 5.75 Å². The normalized spacial score (nSPS) is 32.6. The molecule has 2 aromatic rings. The Hall–Kier alpha value is -3.16. The minimum absolute atomic E-state index is 0.00332. The molecule has 6 aliphatic rings. The summed E-state index contributed by atoms with van der Waals surface area (Å²) in [5.74, 6) is -0.535. The van der Waals surface area contributed by atoms with Crippen LogP contribution in [0.2, 0.25) is 10.0 Å². The first-order valence-corrected chi connectivity index (χ1v) is 13.6. The average molecular weight is 551 g/mol. The lowest BCUT2D eigenvalue weighted by Gasteiger charge is -2.37. The van der Waals surface area contributed by atoms with Gasteiger partial charge < -0.3 is 9.64 Å². The molecule has 2 aromatic carbocycles. The first-order valence-electron chi connectivity index (χ1n) is 12.9. The highest BCUT2D eigenvalue weighted by Crippen LogP contribution is 2.65. The van der Waals surface area contributed by atoms with Crippen LogP contribution < -0.4 is 14.5 Å². The van der Waals surface area contributed by atoms with Crippen LogP contribution in [0.25, 0.3) is 0 Å². The lowest BCUT2D eigenvalue weighted by molar-refractivity contribution is -0.139. The number of ether oxygens (including phenoxy) is 1. The number of amides is 3. The van der Waals surface area contributed by atoms with E-state index in [2.05, 4.69) is 12.2 Å². The number of hydrogen-bond acceptors (Lipinski definition) is 5. The van der Waals surface area contributed by atoms with E-state index in [1.54, 1.807) is 43.3 Å². The smallest absolute Gasteiger partial charge is 0.316 e. The minimum atomic E-state index is -0.670. The zero-order chi connectivity index (χ0) is 26.5. The molecule has 0 aromatic heterocycles. The average Bonchev–Trinajstić information content (AvgIpc) is 3.57. The van der Waals surface area contributed by atoms with E-state index in [9.17, 15) is 19.2 Å². The predicted octanol–water partition coefficient (Wildman–Crippen LogP) is 4.82. The fraction of sp³-hybridized carbons (Fsp3) is 0.379. The fourth-order valence-electron chi connectivity index (χ4n) is 7.14. The molecule has 0 N–H and O–H groups in total. The molecule has 2 saturated heterocycles. The molecule has 2 saturated carbocycles. The Labute approximate surface area is 229 Å². The zero-order valence-electron chi connectivity index (χ0n) is 20.5. The first-order chi connectivity index (χ1) is 18.2. The van der Waals surface area contributed by atoms with Crippen LogP contribution in [0.15, 0.2) is 48.6 Å². The Morgan fingerprint density at radius 1 is 0.947 bits per heavy atom. The lowest BCUT2D eigenvalue weighted by Crippen LogP contribution is -2.40. The molecule has 4 aliphatic carbocycles. The second-order valence-electron chi connectivity index (χ2n) is 11.0. The van der Waals surface area contributed by atoms with Crippen LogP contribution >= 0.6 is 23.2 Å². The topological polar surface area (TPSA) is 84.0 Å². The van der Waals surface area contributed by atoms with Gasteiger partial charge >= 0.3 is 5.97 Å². The molecule has 7 nitrogen and oxygen atoms in total. The number of hydrogen-bond donors (Lipinski definition) is 0. The maximum atomic E-state index is 13.4. The molecule has 2 aliphatic heterocycles. The van der Waals surface area contributed by atoms with Crippen molar-refractivity contribution in [3.63, 3.8) is 0 Å². The molecule has 3 amide bonds. The van der Waals surface area contributed by atoms with Gasteiger partial charge in [-0.05, 0) is 72.9 Å². The van der Waals surface area contributed by atoms with Gasteiger partial charge in [-0.15, -0.1) is 0 Å². The van der Waals surface area contributed by atoms with Crippen molar-refractivity contribution >= 4 is 58.3 Å². The van der Waals surface area contributed by atoms with Crippen molar-refractivity contribution in [2.45, 2.75) is 19.8 Å².